The van der Waals surface area contributed by atoms with E-state index in [1.165, 1.54) is 392 Å². The molecular formula is C85H164NO8P. The molecule has 562 valence electrons. The average molecular weight is 1360 g/mol. The Morgan fingerprint density at radius 2 is 0.547 bits per heavy atom. The summed E-state index contributed by atoms with van der Waals surface area (Å²) in [5, 5.41) is 0. The predicted octanol–water partition coefficient (Wildman–Crippen LogP) is 28.5. The maximum Gasteiger partial charge on any atom is 0.472 e. The van der Waals surface area contributed by atoms with Crippen molar-refractivity contribution in [2.24, 2.45) is 5.73 Å². The number of hydrogen-bond acceptors (Lipinski definition) is 8. The molecular weight excluding hydrogens is 1190 g/mol. The van der Waals surface area contributed by atoms with Gasteiger partial charge in [0.15, 0.2) is 6.10 Å². The number of unbranched alkanes of at least 4 members (excludes halogenated alkanes) is 63. The second kappa shape index (κ2) is 81.2. The minimum atomic E-state index is -4.39. The monoisotopic (exact) mass is 1360 g/mol. The van der Waals surface area contributed by atoms with Crippen LogP contribution in [0.25, 0.3) is 0 Å². The van der Waals surface area contributed by atoms with E-state index in [0.717, 1.165) is 38.5 Å². The molecule has 0 spiro atoms. The Morgan fingerprint density at radius 1 is 0.316 bits per heavy atom. The van der Waals surface area contributed by atoms with E-state index >= 15 is 0 Å². The van der Waals surface area contributed by atoms with Gasteiger partial charge in [-0.1, -0.05) is 416 Å². The van der Waals surface area contributed by atoms with Crippen LogP contribution in [0.15, 0.2) is 36.5 Å². The molecule has 0 aromatic rings. The fourth-order valence-corrected chi connectivity index (χ4v) is 14.0. The third-order valence-electron chi connectivity index (χ3n) is 19.5. The first-order valence-corrected chi connectivity index (χ1v) is 44.0. The topological polar surface area (TPSA) is 134 Å². The molecule has 0 heterocycles. The predicted molar refractivity (Wildman–Crippen MR) is 414 cm³/mol. The maximum absolute atomic E-state index is 12.8. The van der Waals surface area contributed by atoms with Crippen LogP contribution in [0.3, 0.4) is 0 Å². The van der Waals surface area contributed by atoms with Gasteiger partial charge in [0, 0.05) is 19.4 Å². The summed E-state index contributed by atoms with van der Waals surface area (Å²) in [6, 6.07) is 0. The van der Waals surface area contributed by atoms with Gasteiger partial charge < -0.3 is 20.1 Å². The van der Waals surface area contributed by atoms with E-state index in [2.05, 4.69) is 50.3 Å². The van der Waals surface area contributed by atoms with Gasteiger partial charge >= 0.3 is 19.8 Å². The molecule has 0 aliphatic heterocycles. The van der Waals surface area contributed by atoms with E-state index in [9.17, 15) is 19.0 Å². The molecule has 10 heteroatoms. The van der Waals surface area contributed by atoms with Gasteiger partial charge in [-0.3, -0.25) is 18.6 Å². The molecule has 3 N–H and O–H groups in total. The van der Waals surface area contributed by atoms with Gasteiger partial charge in [-0.05, 0) is 70.6 Å². The van der Waals surface area contributed by atoms with Crippen molar-refractivity contribution < 1.29 is 37.6 Å². The molecule has 9 nitrogen and oxygen atoms in total. The average Bonchev–Trinajstić information content (AvgIpc) is 3.16. The summed E-state index contributed by atoms with van der Waals surface area (Å²) >= 11 is 0. The molecule has 0 aromatic carbocycles. The van der Waals surface area contributed by atoms with E-state index < -0.39 is 26.5 Å². The fraction of sp³-hybridized carbons (Fsp3) is 0.906. The molecule has 0 amide bonds. The van der Waals surface area contributed by atoms with Crippen LogP contribution in [0.2, 0.25) is 0 Å². The van der Waals surface area contributed by atoms with Crippen molar-refractivity contribution in [3.05, 3.63) is 36.5 Å². The lowest BCUT2D eigenvalue weighted by atomic mass is 10.0. The standard InChI is InChI=1S/C85H164NO8P/c1-3-5-7-9-11-13-15-17-19-21-23-25-27-29-31-33-35-37-39-40-41-42-44-46-48-50-52-54-56-58-60-62-64-66-68-70-72-74-76-78-85(88)94-83(82-93-95(89,90)92-80-79-86)81-91-84(87)77-75-73-71-69-67-65-63-61-59-57-55-53-51-49-47-45-43-38-36-34-32-30-28-26-24-22-20-18-16-14-12-10-8-6-4-2/h15,17,21-24,83H,3-14,16,18-20,25-82,86H2,1-2H3,(H,89,90)/b17-15-,23-21-,24-22-. The molecule has 0 fully saturated rings. The normalized spacial score (nSPS) is 12.9. The number of phosphoric ester groups is 1. The van der Waals surface area contributed by atoms with E-state index in [4.69, 9.17) is 24.3 Å². The molecule has 0 saturated carbocycles. The van der Waals surface area contributed by atoms with Gasteiger partial charge in [-0.25, -0.2) is 4.57 Å². The molecule has 0 saturated heterocycles. The zero-order chi connectivity index (χ0) is 68.6. The van der Waals surface area contributed by atoms with Crippen molar-refractivity contribution in [3.8, 4) is 0 Å². The van der Waals surface area contributed by atoms with Crippen molar-refractivity contribution in [1.82, 2.24) is 0 Å². The summed E-state index contributed by atoms with van der Waals surface area (Å²) in [4.78, 5) is 35.5. The first kappa shape index (κ1) is 93.2. The van der Waals surface area contributed by atoms with Crippen LogP contribution in [0, 0.1) is 0 Å². The Bertz CT molecular complexity index is 1650. The Morgan fingerprint density at radius 3 is 0.811 bits per heavy atom. The first-order chi connectivity index (χ1) is 46.8. The number of allylic oxidation sites excluding steroid dienone is 6. The van der Waals surface area contributed by atoms with E-state index in [1.807, 2.05) is 0 Å². The zero-order valence-corrected chi connectivity index (χ0v) is 64.6. The number of rotatable bonds is 82. The third-order valence-corrected chi connectivity index (χ3v) is 20.5. The lowest BCUT2D eigenvalue weighted by Gasteiger charge is -2.19. The largest absolute Gasteiger partial charge is 0.472 e. The number of hydrogen-bond donors (Lipinski definition) is 2. The number of phosphoric acid groups is 1. The lowest BCUT2D eigenvalue weighted by molar-refractivity contribution is -0.161. The summed E-state index contributed by atoms with van der Waals surface area (Å²) in [5.41, 5.74) is 5.42. The van der Waals surface area contributed by atoms with Gasteiger partial charge in [0.25, 0.3) is 0 Å². The lowest BCUT2D eigenvalue weighted by Crippen LogP contribution is -2.29. The number of carbonyl (C=O) groups is 2. The molecule has 0 radical (unpaired) electrons. The number of carbonyl (C=O) groups excluding carboxylic acids is 2. The van der Waals surface area contributed by atoms with Crippen molar-refractivity contribution in [2.45, 2.75) is 469 Å². The molecule has 0 bridgehead atoms. The Labute approximate surface area is 592 Å². The van der Waals surface area contributed by atoms with Gasteiger partial charge in [0.2, 0.25) is 0 Å². The minimum absolute atomic E-state index is 0.0571. The summed E-state index contributed by atoms with van der Waals surface area (Å²) in [6.45, 7) is 3.83. The summed E-state index contributed by atoms with van der Waals surface area (Å²) in [6.07, 6.45) is 105. The summed E-state index contributed by atoms with van der Waals surface area (Å²) in [5.74, 6) is -0.798. The van der Waals surface area contributed by atoms with Crippen molar-refractivity contribution in [3.63, 3.8) is 0 Å². The number of nitrogens with two attached hydrogens (primary N) is 1. The molecule has 0 aliphatic rings. The SMILES string of the molecule is CCCCCCC/C=C\C/C=C\CCCCCCCCCCCCCCCCCCCCCCCCCCCCCC(=O)OC(COC(=O)CCCCCCCCCCCCCCCCCCCCCCCCC/C=C\CCCCCCCCCC)COP(=O)(O)OCCN. The number of esters is 2. The minimum Gasteiger partial charge on any atom is -0.462 e. The first-order valence-electron chi connectivity index (χ1n) is 42.5. The van der Waals surface area contributed by atoms with Crippen LogP contribution in [0.4, 0.5) is 0 Å². The number of ether oxygens (including phenoxy) is 2. The van der Waals surface area contributed by atoms with Crippen LogP contribution in [0.5, 0.6) is 0 Å². The van der Waals surface area contributed by atoms with Crippen molar-refractivity contribution in [2.75, 3.05) is 26.4 Å². The van der Waals surface area contributed by atoms with Crippen LogP contribution in [-0.4, -0.2) is 49.3 Å². The molecule has 0 rings (SSSR count). The Kier molecular flexibility index (Phi) is 79.7. The smallest absolute Gasteiger partial charge is 0.462 e. The van der Waals surface area contributed by atoms with Crippen molar-refractivity contribution in [1.29, 1.82) is 0 Å². The van der Waals surface area contributed by atoms with Gasteiger partial charge in [0.05, 0.1) is 13.2 Å². The van der Waals surface area contributed by atoms with Crippen LogP contribution in [0.1, 0.15) is 463 Å². The summed E-state index contributed by atoms with van der Waals surface area (Å²) < 4.78 is 33.3. The van der Waals surface area contributed by atoms with E-state index in [1.54, 1.807) is 0 Å². The maximum atomic E-state index is 12.8. The molecule has 2 atom stereocenters. The van der Waals surface area contributed by atoms with Gasteiger partial charge in [-0.2, -0.15) is 0 Å². The second-order valence-corrected chi connectivity index (χ2v) is 30.5. The highest BCUT2D eigenvalue weighted by Gasteiger charge is 2.26. The Balaban J connectivity index is 3.71. The molecule has 95 heavy (non-hydrogen) atoms. The Hall–Kier alpha value is -1.77. The quantitative estimate of drug-likeness (QED) is 0.0264. The fourth-order valence-electron chi connectivity index (χ4n) is 13.2. The second-order valence-electron chi connectivity index (χ2n) is 29.1. The summed E-state index contributed by atoms with van der Waals surface area (Å²) in [7, 11) is -4.39. The van der Waals surface area contributed by atoms with Gasteiger partial charge in [0.1, 0.15) is 6.61 Å². The molecule has 2 unspecified atom stereocenters. The molecule has 0 aromatic heterocycles. The van der Waals surface area contributed by atoms with Crippen LogP contribution < -0.4 is 5.73 Å². The van der Waals surface area contributed by atoms with Gasteiger partial charge in [-0.15, -0.1) is 0 Å². The van der Waals surface area contributed by atoms with E-state index in [0.29, 0.717) is 6.42 Å². The van der Waals surface area contributed by atoms with Crippen molar-refractivity contribution >= 4 is 19.8 Å². The third kappa shape index (κ3) is 81.1. The zero-order valence-electron chi connectivity index (χ0n) is 63.7. The van der Waals surface area contributed by atoms with E-state index in [-0.39, 0.29) is 38.6 Å². The highest BCUT2D eigenvalue weighted by Crippen LogP contribution is 2.43. The highest BCUT2D eigenvalue weighted by molar-refractivity contribution is 7.47. The highest BCUT2D eigenvalue weighted by atomic mass is 31.2. The van der Waals surface area contributed by atoms with Crippen LogP contribution >= 0.6 is 7.82 Å². The van der Waals surface area contributed by atoms with Crippen LogP contribution in [-0.2, 0) is 32.7 Å². The molecule has 0 aliphatic carbocycles.